The Morgan fingerprint density at radius 2 is 1.54 bits per heavy atom. The summed E-state index contributed by atoms with van der Waals surface area (Å²) >= 11 is 0. The van der Waals surface area contributed by atoms with Crippen LogP contribution in [0.25, 0.3) is 11.1 Å². The molecule has 3 aromatic rings. The summed E-state index contributed by atoms with van der Waals surface area (Å²) in [5.74, 6) is 1.01. The van der Waals surface area contributed by atoms with Gasteiger partial charge in [0.2, 0.25) is 0 Å². The van der Waals surface area contributed by atoms with Crippen LogP contribution in [0.15, 0.2) is 66.7 Å². The summed E-state index contributed by atoms with van der Waals surface area (Å²) in [5.41, 5.74) is 3.70. The topological polar surface area (TPSA) is 67.8 Å². The molecule has 3 rings (SSSR count). The average molecular weight is 377 g/mol. The summed E-state index contributed by atoms with van der Waals surface area (Å²) in [7, 11) is 3.06. The number of nitrogens with one attached hydrogen (secondary N) is 1. The fraction of sp³-hybridized carbons (Fsp3) is 0.174. The number of phenolic OH excluding ortho intramolecular Hbond substituents is 1. The molecule has 0 aromatic heterocycles. The molecule has 0 aliphatic rings. The summed E-state index contributed by atoms with van der Waals surface area (Å²) in [6.07, 6.45) is 0.716. The van der Waals surface area contributed by atoms with Crippen molar-refractivity contribution in [1.82, 2.24) is 5.32 Å². The highest BCUT2D eigenvalue weighted by Gasteiger charge is 2.15. The number of benzene rings is 3. The summed E-state index contributed by atoms with van der Waals surface area (Å²) in [5, 5.41) is 12.3. The van der Waals surface area contributed by atoms with Crippen molar-refractivity contribution in [3.8, 4) is 28.4 Å². The summed E-state index contributed by atoms with van der Waals surface area (Å²) in [6, 6.07) is 20.5. The van der Waals surface area contributed by atoms with Crippen molar-refractivity contribution in [1.29, 1.82) is 0 Å². The van der Waals surface area contributed by atoms with Crippen LogP contribution < -0.4 is 14.8 Å². The Bertz CT molecular complexity index is 934. The molecule has 0 saturated carbocycles. The quantitative estimate of drug-likeness (QED) is 0.652. The van der Waals surface area contributed by atoms with Gasteiger partial charge < -0.3 is 19.9 Å². The highest BCUT2D eigenvalue weighted by atomic mass is 16.5. The first-order chi connectivity index (χ1) is 13.6. The van der Waals surface area contributed by atoms with E-state index in [-0.39, 0.29) is 11.7 Å². The summed E-state index contributed by atoms with van der Waals surface area (Å²) in [4.78, 5) is 12.5. The normalized spacial score (nSPS) is 10.4. The molecule has 0 aliphatic carbocycles. The van der Waals surface area contributed by atoms with Gasteiger partial charge in [0.05, 0.1) is 19.8 Å². The lowest BCUT2D eigenvalue weighted by molar-refractivity contribution is 0.0950. The standard InChI is InChI=1S/C23H23NO4/c1-27-21-5-3-4-20(22(21)28-2)23(26)24-15-14-16-6-8-17(9-7-16)18-10-12-19(25)13-11-18/h3-13,25H,14-15H2,1-2H3,(H,24,26). The van der Waals surface area contributed by atoms with Crippen molar-refractivity contribution in [2.75, 3.05) is 20.8 Å². The second-order valence-electron chi connectivity index (χ2n) is 6.29. The number of rotatable bonds is 7. The van der Waals surface area contributed by atoms with Crippen LogP contribution in [0.4, 0.5) is 0 Å². The number of carbonyl (C=O) groups excluding carboxylic acids is 1. The Labute approximate surface area is 164 Å². The lowest BCUT2D eigenvalue weighted by atomic mass is 10.0. The van der Waals surface area contributed by atoms with Gasteiger partial charge in [0, 0.05) is 6.54 Å². The molecule has 0 unspecified atom stereocenters. The van der Waals surface area contributed by atoms with Gasteiger partial charge >= 0.3 is 0 Å². The fourth-order valence-electron chi connectivity index (χ4n) is 3.00. The largest absolute Gasteiger partial charge is 0.508 e. The van der Waals surface area contributed by atoms with E-state index in [1.165, 1.54) is 7.11 Å². The van der Waals surface area contributed by atoms with Crippen molar-refractivity contribution < 1.29 is 19.4 Å². The molecule has 0 atom stereocenters. The van der Waals surface area contributed by atoms with Gasteiger partial charge in [-0.2, -0.15) is 0 Å². The van der Waals surface area contributed by atoms with E-state index in [2.05, 4.69) is 5.32 Å². The second kappa shape index (κ2) is 8.95. The molecule has 0 aliphatic heterocycles. The molecule has 1 amide bonds. The van der Waals surface area contributed by atoms with E-state index in [9.17, 15) is 9.90 Å². The Balaban J connectivity index is 1.59. The first-order valence-corrected chi connectivity index (χ1v) is 9.00. The zero-order valence-corrected chi connectivity index (χ0v) is 15.9. The number of ether oxygens (including phenoxy) is 2. The van der Waals surface area contributed by atoms with Crippen molar-refractivity contribution in [2.24, 2.45) is 0 Å². The smallest absolute Gasteiger partial charge is 0.255 e. The Morgan fingerprint density at radius 3 is 2.14 bits per heavy atom. The lowest BCUT2D eigenvalue weighted by Crippen LogP contribution is -2.26. The van der Waals surface area contributed by atoms with Crippen LogP contribution in [0.1, 0.15) is 15.9 Å². The number of amides is 1. The maximum atomic E-state index is 12.5. The minimum Gasteiger partial charge on any atom is -0.508 e. The Kier molecular flexibility index (Phi) is 6.17. The number of methoxy groups -OCH3 is 2. The van der Waals surface area contributed by atoms with Gasteiger partial charge in [0.25, 0.3) is 5.91 Å². The third kappa shape index (κ3) is 4.43. The molecule has 0 radical (unpaired) electrons. The third-order valence-electron chi connectivity index (χ3n) is 4.50. The molecule has 0 fully saturated rings. The monoisotopic (exact) mass is 377 g/mol. The van der Waals surface area contributed by atoms with Gasteiger partial charge in [-0.1, -0.05) is 42.5 Å². The van der Waals surface area contributed by atoms with E-state index < -0.39 is 0 Å². The maximum absolute atomic E-state index is 12.5. The van der Waals surface area contributed by atoms with Gasteiger partial charge in [-0.3, -0.25) is 4.79 Å². The Morgan fingerprint density at radius 1 is 0.893 bits per heavy atom. The highest BCUT2D eigenvalue weighted by molar-refractivity contribution is 5.97. The molecule has 0 heterocycles. The van der Waals surface area contributed by atoms with Crippen LogP contribution in [0.3, 0.4) is 0 Å². The van der Waals surface area contributed by atoms with Crippen LogP contribution in [0.2, 0.25) is 0 Å². The van der Waals surface area contributed by atoms with Gasteiger partial charge in [-0.25, -0.2) is 0 Å². The number of carbonyl (C=O) groups is 1. The molecule has 2 N–H and O–H groups in total. The van der Waals surface area contributed by atoms with Crippen molar-refractivity contribution in [2.45, 2.75) is 6.42 Å². The number of para-hydroxylation sites is 1. The van der Waals surface area contributed by atoms with Crippen molar-refractivity contribution in [3.05, 3.63) is 77.9 Å². The summed E-state index contributed by atoms with van der Waals surface area (Å²) in [6.45, 7) is 0.512. The number of hydrogen-bond donors (Lipinski definition) is 2. The van der Waals surface area contributed by atoms with Crippen LogP contribution in [0.5, 0.6) is 17.2 Å². The maximum Gasteiger partial charge on any atom is 0.255 e. The fourth-order valence-corrected chi connectivity index (χ4v) is 3.00. The third-order valence-corrected chi connectivity index (χ3v) is 4.50. The average Bonchev–Trinajstić information content (AvgIpc) is 2.74. The van der Waals surface area contributed by atoms with Crippen molar-refractivity contribution >= 4 is 5.91 Å². The molecule has 3 aromatic carbocycles. The van der Waals surface area contributed by atoms with E-state index in [4.69, 9.17) is 9.47 Å². The second-order valence-corrected chi connectivity index (χ2v) is 6.29. The van der Waals surface area contributed by atoms with Crippen LogP contribution >= 0.6 is 0 Å². The zero-order chi connectivity index (χ0) is 19.9. The summed E-state index contributed by atoms with van der Waals surface area (Å²) < 4.78 is 10.6. The van der Waals surface area contributed by atoms with Crippen LogP contribution in [-0.4, -0.2) is 31.8 Å². The zero-order valence-electron chi connectivity index (χ0n) is 15.9. The van der Waals surface area contributed by atoms with Gasteiger partial charge in [-0.05, 0) is 47.4 Å². The number of phenols is 1. The SMILES string of the molecule is COc1cccc(C(=O)NCCc2ccc(-c3ccc(O)cc3)cc2)c1OC. The van der Waals surface area contributed by atoms with Crippen molar-refractivity contribution in [3.63, 3.8) is 0 Å². The van der Waals surface area contributed by atoms with E-state index in [1.807, 2.05) is 36.4 Å². The molecular weight excluding hydrogens is 354 g/mol. The lowest BCUT2D eigenvalue weighted by Gasteiger charge is -2.12. The highest BCUT2D eigenvalue weighted by Crippen LogP contribution is 2.30. The molecular formula is C23H23NO4. The van der Waals surface area contributed by atoms with Gasteiger partial charge in [-0.15, -0.1) is 0 Å². The van der Waals surface area contributed by atoms with E-state index in [0.717, 1.165) is 16.7 Å². The molecule has 5 nitrogen and oxygen atoms in total. The molecule has 0 spiro atoms. The number of hydrogen-bond acceptors (Lipinski definition) is 4. The molecule has 0 saturated heterocycles. The molecule has 5 heteroatoms. The first-order valence-electron chi connectivity index (χ1n) is 9.00. The van der Waals surface area contributed by atoms with Crippen LogP contribution in [0, 0.1) is 0 Å². The van der Waals surface area contributed by atoms with Gasteiger partial charge in [0.1, 0.15) is 5.75 Å². The Hall–Kier alpha value is -3.47. The molecule has 144 valence electrons. The van der Waals surface area contributed by atoms with Crippen LogP contribution in [-0.2, 0) is 6.42 Å². The van der Waals surface area contributed by atoms with Gasteiger partial charge in [0.15, 0.2) is 11.5 Å². The predicted octanol–water partition coefficient (Wildman–Crippen LogP) is 4.05. The van der Waals surface area contributed by atoms with E-state index in [1.54, 1.807) is 37.4 Å². The first kappa shape index (κ1) is 19.3. The molecule has 28 heavy (non-hydrogen) atoms. The predicted molar refractivity (Wildman–Crippen MR) is 109 cm³/mol. The minimum absolute atomic E-state index is 0.198. The molecule has 0 bridgehead atoms. The number of aromatic hydroxyl groups is 1. The van der Waals surface area contributed by atoms with E-state index >= 15 is 0 Å². The minimum atomic E-state index is -0.198. The van der Waals surface area contributed by atoms with E-state index in [0.29, 0.717) is 30.0 Å².